The van der Waals surface area contributed by atoms with E-state index in [1.54, 1.807) is 16.6 Å². The summed E-state index contributed by atoms with van der Waals surface area (Å²) in [6.07, 6.45) is 0. The predicted octanol–water partition coefficient (Wildman–Crippen LogP) is 2.54. The van der Waals surface area contributed by atoms with E-state index in [2.05, 4.69) is 59.1 Å². The molecule has 20 heavy (non-hydrogen) atoms. The number of nitrogens with one attached hydrogen (secondary N) is 1. The van der Waals surface area contributed by atoms with Crippen molar-refractivity contribution in [3.8, 4) is 5.75 Å². The van der Waals surface area contributed by atoms with Gasteiger partial charge in [0.1, 0.15) is 11.4 Å². The van der Waals surface area contributed by atoms with Crippen molar-refractivity contribution >= 4 is 55.5 Å². The van der Waals surface area contributed by atoms with Crippen LogP contribution in [0, 0.1) is 6.92 Å². The van der Waals surface area contributed by atoms with Crippen LogP contribution in [0.1, 0.15) is 5.69 Å². The summed E-state index contributed by atoms with van der Waals surface area (Å²) >= 11 is 6.59. The van der Waals surface area contributed by atoms with Crippen LogP contribution in [0.2, 0.25) is 0 Å². The molecule has 0 fully saturated rings. The zero-order valence-electron chi connectivity index (χ0n) is 10.4. The first kappa shape index (κ1) is 13.3. The molecular formula is C12H9Br2N5O. The van der Waals surface area contributed by atoms with E-state index in [1.807, 2.05) is 6.92 Å². The molecule has 0 saturated heterocycles. The first-order chi connectivity index (χ1) is 9.47. The highest BCUT2D eigenvalue weighted by Crippen LogP contribution is 2.36. The topological polar surface area (TPSA) is 75.3 Å². The van der Waals surface area contributed by atoms with E-state index < -0.39 is 0 Å². The van der Waals surface area contributed by atoms with Gasteiger partial charge in [-0.2, -0.15) is 9.61 Å². The molecule has 6 nitrogen and oxygen atoms in total. The van der Waals surface area contributed by atoms with Crippen LogP contribution in [0.15, 0.2) is 21.1 Å². The van der Waals surface area contributed by atoms with E-state index in [0.717, 1.165) is 17.1 Å². The number of aromatic nitrogens is 4. The molecular weight excluding hydrogens is 390 g/mol. The van der Waals surface area contributed by atoms with E-state index in [4.69, 9.17) is 0 Å². The molecule has 0 radical (unpaired) electrons. The molecule has 0 unspecified atom stereocenters. The van der Waals surface area contributed by atoms with Crippen molar-refractivity contribution in [2.24, 2.45) is 0 Å². The van der Waals surface area contributed by atoms with Crippen LogP contribution in [-0.4, -0.2) is 24.9 Å². The van der Waals surface area contributed by atoms with Gasteiger partial charge in [0.05, 0.1) is 14.6 Å². The van der Waals surface area contributed by atoms with Crippen molar-refractivity contribution in [1.29, 1.82) is 0 Å². The fourth-order valence-electron chi connectivity index (χ4n) is 1.86. The second-order valence-electron chi connectivity index (χ2n) is 4.23. The van der Waals surface area contributed by atoms with Gasteiger partial charge in [-0.05, 0) is 50.9 Å². The third kappa shape index (κ3) is 2.04. The third-order valence-electron chi connectivity index (χ3n) is 2.83. The Labute approximate surface area is 130 Å². The van der Waals surface area contributed by atoms with Crippen molar-refractivity contribution in [2.75, 3.05) is 5.32 Å². The maximum atomic E-state index is 9.72. The molecule has 8 heteroatoms. The summed E-state index contributed by atoms with van der Waals surface area (Å²) in [4.78, 5) is 0. The zero-order valence-corrected chi connectivity index (χ0v) is 13.5. The molecule has 0 amide bonds. The molecule has 102 valence electrons. The minimum atomic E-state index is 0.153. The number of nitrogens with zero attached hydrogens (tertiary/aromatic N) is 4. The lowest BCUT2D eigenvalue weighted by Gasteiger charge is -2.08. The van der Waals surface area contributed by atoms with Gasteiger partial charge in [0.2, 0.25) is 5.65 Å². The van der Waals surface area contributed by atoms with Crippen LogP contribution in [-0.2, 0) is 0 Å². The molecule has 0 bridgehead atoms. The van der Waals surface area contributed by atoms with Crippen molar-refractivity contribution < 1.29 is 5.11 Å². The highest BCUT2D eigenvalue weighted by molar-refractivity contribution is 9.11. The molecule has 0 saturated carbocycles. The van der Waals surface area contributed by atoms with Gasteiger partial charge in [-0.15, -0.1) is 10.2 Å². The van der Waals surface area contributed by atoms with Gasteiger partial charge in [0, 0.05) is 5.69 Å². The summed E-state index contributed by atoms with van der Waals surface area (Å²) in [5, 5.41) is 25.2. The first-order valence-corrected chi connectivity index (χ1v) is 7.21. The number of hydrogen-bond donors (Lipinski definition) is 2. The summed E-state index contributed by atoms with van der Waals surface area (Å²) < 4.78 is 2.76. The molecule has 1 aromatic carbocycles. The lowest BCUT2D eigenvalue weighted by molar-refractivity contribution is 0.468. The van der Waals surface area contributed by atoms with Gasteiger partial charge < -0.3 is 10.4 Å². The van der Waals surface area contributed by atoms with Crippen molar-refractivity contribution in [1.82, 2.24) is 19.8 Å². The van der Waals surface area contributed by atoms with E-state index in [0.29, 0.717) is 20.1 Å². The first-order valence-electron chi connectivity index (χ1n) is 5.63. The highest BCUT2D eigenvalue weighted by Gasteiger charge is 2.14. The molecule has 0 spiro atoms. The summed E-state index contributed by atoms with van der Waals surface area (Å²) in [5.41, 5.74) is 3.45. The Hall–Kier alpha value is -1.67. The minimum Gasteiger partial charge on any atom is -0.506 e. The Morgan fingerprint density at radius 3 is 2.55 bits per heavy atom. The van der Waals surface area contributed by atoms with Gasteiger partial charge in [0.25, 0.3) is 0 Å². The normalized spacial score (nSPS) is 11.2. The standard InChI is InChI=1S/C12H9Br2N5O/c1-5-10(12-17-16-6(2)19(12)18-5)15-7-3-8(13)11(20)9(14)4-7/h3-4,15,20H,2H2,1H3. The average molecular weight is 399 g/mol. The van der Waals surface area contributed by atoms with Gasteiger partial charge in [-0.1, -0.05) is 6.58 Å². The van der Waals surface area contributed by atoms with Crippen LogP contribution in [0.4, 0.5) is 11.4 Å². The van der Waals surface area contributed by atoms with Crippen LogP contribution < -0.4 is 10.8 Å². The molecule has 0 aliphatic carbocycles. The Kier molecular flexibility index (Phi) is 3.14. The number of rotatable bonds is 2. The Bertz CT molecular complexity index is 837. The van der Waals surface area contributed by atoms with E-state index in [-0.39, 0.29) is 5.75 Å². The minimum absolute atomic E-state index is 0.153. The maximum Gasteiger partial charge on any atom is 0.203 e. The highest BCUT2D eigenvalue weighted by atomic mass is 79.9. The fraction of sp³-hybridized carbons (Fsp3) is 0.0833. The molecule has 2 heterocycles. The number of fused-ring (bicyclic) bond motifs is 1. The second-order valence-corrected chi connectivity index (χ2v) is 5.93. The summed E-state index contributed by atoms with van der Waals surface area (Å²) in [7, 11) is 0. The van der Waals surface area contributed by atoms with Crippen molar-refractivity contribution in [3.63, 3.8) is 0 Å². The zero-order chi connectivity index (χ0) is 14.4. The van der Waals surface area contributed by atoms with Crippen LogP contribution in [0.25, 0.3) is 12.2 Å². The van der Waals surface area contributed by atoms with E-state index in [1.165, 1.54) is 0 Å². The molecule has 2 aromatic heterocycles. The second kappa shape index (κ2) is 4.71. The van der Waals surface area contributed by atoms with Crippen LogP contribution >= 0.6 is 31.9 Å². The number of aryl methyl sites for hydroxylation is 1. The number of phenolic OH excluding ortho intramolecular Hbond substituents is 1. The smallest absolute Gasteiger partial charge is 0.203 e. The Morgan fingerprint density at radius 1 is 1.25 bits per heavy atom. The number of phenols is 1. The van der Waals surface area contributed by atoms with Gasteiger partial charge >= 0.3 is 0 Å². The largest absolute Gasteiger partial charge is 0.506 e. The third-order valence-corrected chi connectivity index (χ3v) is 4.04. The quantitative estimate of drug-likeness (QED) is 0.649. The average Bonchev–Trinajstić information content (AvgIpc) is 2.89. The Morgan fingerprint density at radius 2 is 1.90 bits per heavy atom. The Balaban J connectivity index is 2.09. The number of hydrogen-bond acceptors (Lipinski definition) is 5. The molecule has 0 atom stereocenters. The monoisotopic (exact) mass is 397 g/mol. The predicted molar refractivity (Wildman–Crippen MR) is 83.0 cm³/mol. The van der Waals surface area contributed by atoms with Crippen molar-refractivity contribution in [3.05, 3.63) is 32.3 Å². The lowest BCUT2D eigenvalue weighted by Crippen LogP contribution is -2.09. The van der Waals surface area contributed by atoms with Gasteiger partial charge in [-0.3, -0.25) is 0 Å². The summed E-state index contributed by atoms with van der Waals surface area (Å²) in [5.74, 6) is 0.153. The molecule has 3 aromatic rings. The fourth-order valence-corrected chi connectivity index (χ4v) is 3.05. The number of benzene rings is 1. The molecule has 0 aliphatic heterocycles. The molecule has 2 N–H and O–H groups in total. The van der Waals surface area contributed by atoms with E-state index in [9.17, 15) is 5.11 Å². The SMILES string of the molecule is C=c1nnc2c(Nc3cc(Br)c(O)c(Br)c3)c(C)nn12. The van der Waals surface area contributed by atoms with Gasteiger partial charge in [-0.25, -0.2) is 0 Å². The summed E-state index contributed by atoms with van der Waals surface area (Å²) in [6, 6.07) is 3.54. The maximum absolute atomic E-state index is 9.72. The number of halogens is 2. The lowest BCUT2D eigenvalue weighted by atomic mass is 10.3. The van der Waals surface area contributed by atoms with Crippen LogP contribution in [0.3, 0.4) is 0 Å². The van der Waals surface area contributed by atoms with Crippen LogP contribution in [0.5, 0.6) is 5.75 Å². The molecule has 0 aliphatic rings. The molecule has 3 rings (SSSR count). The van der Waals surface area contributed by atoms with Crippen molar-refractivity contribution in [2.45, 2.75) is 6.92 Å². The van der Waals surface area contributed by atoms with Gasteiger partial charge in [0.15, 0.2) is 5.48 Å². The number of aromatic hydroxyl groups is 1. The summed E-state index contributed by atoms with van der Waals surface area (Å²) in [6.45, 7) is 5.64. The van der Waals surface area contributed by atoms with E-state index >= 15 is 0 Å². The number of anilines is 2.